The van der Waals surface area contributed by atoms with Crippen LogP contribution in [0.4, 0.5) is 15.8 Å². The van der Waals surface area contributed by atoms with E-state index in [-0.39, 0.29) is 19.0 Å². The van der Waals surface area contributed by atoms with E-state index in [1.165, 1.54) is 17.0 Å². The van der Waals surface area contributed by atoms with Crippen molar-refractivity contribution < 1.29 is 19.1 Å². The molecule has 1 aliphatic rings. The third-order valence-electron chi connectivity index (χ3n) is 2.55. The molecule has 0 spiro atoms. The number of fused-ring (bicyclic) bond motifs is 1. The quantitative estimate of drug-likeness (QED) is 0.805. The molecule has 0 saturated carbocycles. The van der Waals surface area contributed by atoms with Crippen LogP contribution in [-0.2, 0) is 9.59 Å². The number of benzene rings is 1. The fourth-order valence-electron chi connectivity index (χ4n) is 1.78. The summed E-state index contributed by atoms with van der Waals surface area (Å²) in [6.07, 6.45) is 0. The molecule has 1 aromatic rings. The summed E-state index contributed by atoms with van der Waals surface area (Å²) >= 11 is 0. The van der Waals surface area contributed by atoms with Gasteiger partial charge in [0.1, 0.15) is 12.4 Å². The third kappa shape index (κ3) is 2.20. The van der Waals surface area contributed by atoms with Crippen molar-refractivity contribution in [3.8, 4) is 0 Å². The van der Waals surface area contributed by atoms with Gasteiger partial charge in [-0.2, -0.15) is 0 Å². The summed E-state index contributed by atoms with van der Waals surface area (Å²) in [5, 5.41) is 11.3. The van der Waals surface area contributed by atoms with Gasteiger partial charge in [0.25, 0.3) is 0 Å². The van der Waals surface area contributed by atoms with Crippen LogP contribution in [0.3, 0.4) is 0 Å². The number of carbonyl (C=O) groups is 2. The van der Waals surface area contributed by atoms with Crippen LogP contribution in [0.2, 0.25) is 0 Å². The zero-order chi connectivity index (χ0) is 12.6. The average Bonchev–Trinajstić information content (AvgIpc) is 2.20. The van der Waals surface area contributed by atoms with Gasteiger partial charge < -0.3 is 15.3 Å². The Kier molecular flexibility index (Phi) is 2.71. The highest BCUT2D eigenvalue weighted by Gasteiger charge is 2.24. The van der Waals surface area contributed by atoms with Gasteiger partial charge in [0.15, 0.2) is 0 Å². The minimum atomic E-state index is -1.03. The predicted octanol–water partition coefficient (Wildman–Crippen LogP) is 0.977. The summed E-state index contributed by atoms with van der Waals surface area (Å²) in [5.41, 5.74) is 1.26. The number of nitrogens with one attached hydrogen (secondary N) is 1. The Balaban J connectivity index is 2.44. The molecule has 0 saturated heterocycles. The Morgan fingerprint density at radius 1 is 1.59 bits per heavy atom. The monoisotopic (exact) mass is 238 g/mol. The van der Waals surface area contributed by atoms with E-state index in [2.05, 4.69) is 5.32 Å². The number of nitrogens with zero attached hydrogens (tertiary/aromatic N) is 1. The summed E-state index contributed by atoms with van der Waals surface area (Å²) < 4.78 is 13.3. The van der Waals surface area contributed by atoms with Crippen molar-refractivity contribution in [2.45, 2.75) is 6.92 Å². The van der Waals surface area contributed by atoms with Gasteiger partial charge in [0.2, 0.25) is 5.91 Å². The SMILES string of the molecule is Cc1cc2c(cc1F)NC(=O)CN2CC(=O)O. The smallest absolute Gasteiger partial charge is 0.323 e. The molecule has 0 radical (unpaired) electrons. The van der Waals surface area contributed by atoms with Crippen molar-refractivity contribution in [2.75, 3.05) is 23.3 Å². The molecule has 0 atom stereocenters. The van der Waals surface area contributed by atoms with Crippen molar-refractivity contribution in [3.05, 3.63) is 23.5 Å². The number of halogens is 1. The van der Waals surface area contributed by atoms with Crippen molar-refractivity contribution in [1.82, 2.24) is 0 Å². The second kappa shape index (κ2) is 4.04. The fourth-order valence-corrected chi connectivity index (χ4v) is 1.78. The largest absolute Gasteiger partial charge is 0.480 e. The first-order valence-corrected chi connectivity index (χ1v) is 5.04. The van der Waals surface area contributed by atoms with Gasteiger partial charge in [-0.25, -0.2) is 4.39 Å². The second-order valence-corrected chi connectivity index (χ2v) is 3.92. The lowest BCUT2D eigenvalue weighted by Crippen LogP contribution is -2.41. The number of rotatable bonds is 2. The van der Waals surface area contributed by atoms with Crippen LogP contribution < -0.4 is 10.2 Å². The molecule has 0 aliphatic carbocycles. The average molecular weight is 238 g/mol. The molecule has 1 amide bonds. The minimum absolute atomic E-state index is 0.0373. The molecule has 17 heavy (non-hydrogen) atoms. The maximum Gasteiger partial charge on any atom is 0.323 e. The minimum Gasteiger partial charge on any atom is -0.480 e. The van der Waals surface area contributed by atoms with Crippen molar-refractivity contribution in [3.63, 3.8) is 0 Å². The van der Waals surface area contributed by atoms with E-state index in [1.54, 1.807) is 6.92 Å². The van der Waals surface area contributed by atoms with Crippen LogP contribution in [-0.4, -0.2) is 30.1 Å². The first-order valence-electron chi connectivity index (χ1n) is 5.04. The summed E-state index contributed by atoms with van der Waals surface area (Å²) in [6, 6.07) is 2.74. The molecule has 6 heteroatoms. The van der Waals surface area contributed by atoms with E-state index >= 15 is 0 Å². The first-order chi connectivity index (χ1) is 7.97. The molecule has 1 heterocycles. The highest BCUT2D eigenvalue weighted by Crippen LogP contribution is 2.31. The lowest BCUT2D eigenvalue weighted by atomic mass is 10.1. The molecule has 1 aromatic carbocycles. The van der Waals surface area contributed by atoms with E-state index in [9.17, 15) is 14.0 Å². The zero-order valence-corrected chi connectivity index (χ0v) is 9.16. The second-order valence-electron chi connectivity index (χ2n) is 3.92. The maximum absolute atomic E-state index is 13.3. The van der Waals surface area contributed by atoms with Gasteiger partial charge in [0, 0.05) is 0 Å². The number of hydrogen-bond acceptors (Lipinski definition) is 3. The lowest BCUT2D eigenvalue weighted by molar-refractivity contribution is -0.135. The van der Waals surface area contributed by atoms with E-state index < -0.39 is 11.8 Å². The van der Waals surface area contributed by atoms with Crippen molar-refractivity contribution in [2.24, 2.45) is 0 Å². The van der Waals surface area contributed by atoms with E-state index in [1.807, 2.05) is 0 Å². The summed E-state index contributed by atoms with van der Waals surface area (Å²) in [6.45, 7) is 1.26. The van der Waals surface area contributed by atoms with Gasteiger partial charge in [-0.15, -0.1) is 0 Å². The number of carboxylic acids is 1. The van der Waals surface area contributed by atoms with E-state index in [4.69, 9.17) is 5.11 Å². The third-order valence-corrected chi connectivity index (χ3v) is 2.55. The molecule has 0 aromatic heterocycles. The number of hydrogen-bond donors (Lipinski definition) is 2. The maximum atomic E-state index is 13.3. The van der Waals surface area contributed by atoms with Crippen LogP contribution in [0.15, 0.2) is 12.1 Å². The van der Waals surface area contributed by atoms with Crippen LogP contribution in [0, 0.1) is 12.7 Å². The molecule has 5 nitrogen and oxygen atoms in total. The highest BCUT2D eigenvalue weighted by molar-refractivity contribution is 6.02. The van der Waals surface area contributed by atoms with Crippen molar-refractivity contribution >= 4 is 23.3 Å². The summed E-state index contributed by atoms with van der Waals surface area (Å²) in [5.74, 6) is -1.81. The molecule has 2 rings (SSSR count). The van der Waals surface area contributed by atoms with Crippen LogP contribution in [0.5, 0.6) is 0 Å². The molecular weight excluding hydrogens is 227 g/mol. The normalized spacial score (nSPS) is 14.2. The van der Waals surface area contributed by atoms with Crippen LogP contribution >= 0.6 is 0 Å². The standard InChI is InChI=1S/C11H11FN2O3/c1-6-2-9-8(3-7(6)12)13-10(15)4-14(9)5-11(16)17/h2-3H,4-5H2,1H3,(H,13,15)(H,16,17). The number of aliphatic carboxylic acids is 1. The highest BCUT2D eigenvalue weighted by atomic mass is 19.1. The molecule has 0 unspecified atom stereocenters. The van der Waals surface area contributed by atoms with Gasteiger partial charge in [-0.1, -0.05) is 0 Å². The molecule has 1 aliphatic heterocycles. The van der Waals surface area contributed by atoms with Gasteiger partial charge in [-0.3, -0.25) is 9.59 Å². The molecule has 0 fully saturated rings. The van der Waals surface area contributed by atoms with Crippen molar-refractivity contribution in [1.29, 1.82) is 0 Å². The van der Waals surface area contributed by atoms with Gasteiger partial charge in [0.05, 0.1) is 17.9 Å². The van der Waals surface area contributed by atoms with Crippen LogP contribution in [0.1, 0.15) is 5.56 Å². The molecule has 0 bridgehead atoms. The predicted molar refractivity (Wildman–Crippen MR) is 59.6 cm³/mol. The summed E-state index contributed by atoms with van der Waals surface area (Å²) in [4.78, 5) is 23.4. The Labute approximate surface area is 96.8 Å². The van der Waals surface area contributed by atoms with Gasteiger partial charge >= 0.3 is 5.97 Å². The Hall–Kier alpha value is -2.11. The number of carbonyl (C=O) groups excluding carboxylic acids is 1. The zero-order valence-electron chi connectivity index (χ0n) is 9.16. The Morgan fingerprint density at radius 3 is 2.94 bits per heavy atom. The number of amides is 1. The van der Waals surface area contributed by atoms with Gasteiger partial charge in [-0.05, 0) is 24.6 Å². The molecular formula is C11H11FN2O3. The number of anilines is 2. The molecule has 90 valence electrons. The van der Waals surface area contributed by atoms with E-state index in [0.717, 1.165) is 0 Å². The number of aryl methyl sites for hydroxylation is 1. The lowest BCUT2D eigenvalue weighted by Gasteiger charge is -2.29. The summed E-state index contributed by atoms with van der Waals surface area (Å²) in [7, 11) is 0. The topological polar surface area (TPSA) is 69.6 Å². The fraction of sp³-hybridized carbons (Fsp3) is 0.273. The molecule has 2 N–H and O–H groups in total. The Bertz CT molecular complexity index is 502. The van der Waals surface area contributed by atoms with E-state index in [0.29, 0.717) is 16.9 Å². The number of carboxylic acid groups (broad SMARTS) is 1. The Morgan fingerprint density at radius 2 is 2.29 bits per heavy atom. The first kappa shape index (κ1) is 11.4. The van der Waals surface area contributed by atoms with Crippen LogP contribution in [0.25, 0.3) is 0 Å².